The lowest BCUT2D eigenvalue weighted by atomic mass is 9.91. The molecule has 1 amide bonds. The molecule has 2 aromatic carbocycles. The number of fused-ring (bicyclic) bond motifs is 3. The van der Waals surface area contributed by atoms with E-state index in [-0.39, 0.29) is 11.7 Å². The third-order valence-corrected chi connectivity index (χ3v) is 5.70. The highest BCUT2D eigenvalue weighted by atomic mass is 16.1. The van der Waals surface area contributed by atoms with E-state index in [2.05, 4.69) is 35.4 Å². The Bertz CT molecular complexity index is 1050. The maximum atomic E-state index is 12.6. The topological polar surface area (TPSA) is 65.2 Å². The number of rotatable bonds is 4. The molecule has 1 heterocycles. The van der Waals surface area contributed by atoms with Gasteiger partial charge in [-0.25, -0.2) is 0 Å². The summed E-state index contributed by atoms with van der Waals surface area (Å²) in [5, 5.41) is 4.17. The Morgan fingerprint density at radius 2 is 1.79 bits per heavy atom. The molecule has 0 saturated carbocycles. The molecule has 0 aliphatic heterocycles. The number of amides is 1. The minimum Gasteiger partial charge on any atom is -0.358 e. The van der Waals surface area contributed by atoms with Crippen molar-refractivity contribution in [1.82, 2.24) is 9.88 Å². The Hall–Kier alpha value is -2.92. The molecule has 1 aromatic heterocycles. The van der Waals surface area contributed by atoms with Crippen molar-refractivity contribution >= 4 is 28.3 Å². The van der Waals surface area contributed by atoms with E-state index in [1.54, 1.807) is 24.3 Å². The number of Topliss-reactive ketones (excluding diaryl/α,β-unsaturated/α-hetero) is 1. The molecule has 0 spiro atoms. The van der Waals surface area contributed by atoms with Gasteiger partial charge in [0.25, 0.3) is 5.91 Å². The number of aromatic nitrogens is 1. The van der Waals surface area contributed by atoms with Gasteiger partial charge in [-0.3, -0.25) is 9.59 Å². The van der Waals surface area contributed by atoms with Crippen LogP contribution >= 0.6 is 0 Å². The number of hydrogen-bond acceptors (Lipinski definition) is 3. The second kappa shape index (κ2) is 7.24. The fourth-order valence-corrected chi connectivity index (χ4v) is 3.98. The van der Waals surface area contributed by atoms with Crippen molar-refractivity contribution in [2.24, 2.45) is 0 Å². The summed E-state index contributed by atoms with van der Waals surface area (Å²) in [5.41, 5.74) is 5.72. The largest absolute Gasteiger partial charge is 0.358 e. The maximum absolute atomic E-state index is 12.6. The van der Waals surface area contributed by atoms with E-state index >= 15 is 0 Å². The molecule has 1 atom stereocenters. The molecule has 144 valence electrons. The van der Waals surface area contributed by atoms with Crippen LogP contribution in [0.3, 0.4) is 0 Å². The van der Waals surface area contributed by atoms with Crippen LogP contribution in [0.4, 0.5) is 5.69 Å². The van der Waals surface area contributed by atoms with Gasteiger partial charge in [0.1, 0.15) is 0 Å². The van der Waals surface area contributed by atoms with Crippen molar-refractivity contribution in [3.8, 4) is 0 Å². The van der Waals surface area contributed by atoms with Gasteiger partial charge in [0.15, 0.2) is 5.78 Å². The van der Waals surface area contributed by atoms with Crippen LogP contribution < -0.4 is 5.32 Å². The molecule has 0 saturated heterocycles. The molecule has 1 aliphatic carbocycles. The van der Waals surface area contributed by atoms with Gasteiger partial charge in [-0.15, -0.1) is 0 Å². The number of carbonyl (C=O) groups is 2. The lowest BCUT2D eigenvalue weighted by molar-refractivity contribution is 0.101. The van der Waals surface area contributed by atoms with Crippen molar-refractivity contribution in [3.63, 3.8) is 0 Å². The lowest BCUT2D eigenvalue weighted by Gasteiger charge is -2.28. The molecular formula is C23H25N3O2. The summed E-state index contributed by atoms with van der Waals surface area (Å²) in [5.74, 6) is -0.185. The summed E-state index contributed by atoms with van der Waals surface area (Å²) in [7, 11) is 4.26. The summed E-state index contributed by atoms with van der Waals surface area (Å²) in [6.07, 6.45) is 3.23. The van der Waals surface area contributed by atoms with Crippen LogP contribution in [0.25, 0.3) is 10.9 Å². The summed E-state index contributed by atoms with van der Waals surface area (Å²) in [4.78, 5) is 29.8. The van der Waals surface area contributed by atoms with Crippen molar-refractivity contribution in [1.29, 1.82) is 0 Å². The number of ketones is 1. The number of benzene rings is 2. The van der Waals surface area contributed by atoms with Crippen molar-refractivity contribution in [2.45, 2.75) is 32.2 Å². The lowest BCUT2D eigenvalue weighted by Crippen LogP contribution is -2.33. The highest BCUT2D eigenvalue weighted by Crippen LogP contribution is 2.32. The van der Waals surface area contributed by atoms with Crippen LogP contribution in [-0.2, 0) is 12.8 Å². The monoisotopic (exact) mass is 375 g/mol. The average Bonchev–Trinajstić information content (AvgIpc) is 3.05. The van der Waals surface area contributed by atoms with Gasteiger partial charge in [0, 0.05) is 39.5 Å². The van der Waals surface area contributed by atoms with Crippen molar-refractivity contribution in [2.75, 3.05) is 19.4 Å². The minimum atomic E-state index is -0.176. The molecule has 3 aromatic rings. The number of aromatic amines is 1. The summed E-state index contributed by atoms with van der Waals surface area (Å²) in [6.45, 7) is 1.52. The van der Waals surface area contributed by atoms with E-state index in [0.29, 0.717) is 17.2 Å². The minimum absolute atomic E-state index is 0.00864. The zero-order valence-corrected chi connectivity index (χ0v) is 16.5. The number of carbonyl (C=O) groups excluding carboxylic acids is 2. The highest BCUT2D eigenvalue weighted by Gasteiger charge is 2.24. The number of nitrogens with zero attached hydrogens (tertiary/aromatic N) is 1. The predicted octanol–water partition coefficient (Wildman–Crippen LogP) is 4.04. The number of nitrogens with one attached hydrogen (secondary N) is 2. The maximum Gasteiger partial charge on any atom is 0.255 e. The molecule has 28 heavy (non-hydrogen) atoms. The smallest absolute Gasteiger partial charge is 0.255 e. The van der Waals surface area contributed by atoms with E-state index in [0.717, 1.165) is 30.5 Å². The van der Waals surface area contributed by atoms with Gasteiger partial charge in [-0.1, -0.05) is 12.1 Å². The number of hydrogen-bond donors (Lipinski definition) is 2. The zero-order chi connectivity index (χ0) is 19.8. The van der Waals surface area contributed by atoms with E-state index < -0.39 is 0 Å². The van der Waals surface area contributed by atoms with Gasteiger partial charge in [0.05, 0.1) is 0 Å². The Labute approximate surface area is 164 Å². The molecule has 0 bridgehead atoms. The first-order valence-electron chi connectivity index (χ1n) is 9.64. The van der Waals surface area contributed by atoms with Gasteiger partial charge in [-0.2, -0.15) is 0 Å². The van der Waals surface area contributed by atoms with Crippen LogP contribution in [0.1, 0.15) is 45.3 Å². The Balaban J connectivity index is 1.58. The molecule has 0 fully saturated rings. The van der Waals surface area contributed by atoms with Crippen LogP contribution in [-0.4, -0.2) is 41.7 Å². The van der Waals surface area contributed by atoms with Gasteiger partial charge in [-0.05, 0) is 76.2 Å². The first kappa shape index (κ1) is 18.4. The van der Waals surface area contributed by atoms with Gasteiger partial charge >= 0.3 is 0 Å². The quantitative estimate of drug-likeness (QED) is 0.677. The predicted molar refractivity (Wildman–Crippen MR) is 112 cm³/mol. The Morgan fingerprint density at radius 3 is 2.46 bits per heavy atom. The molecule has 2 N–H and O–H groups in total. The molecule has 1 unspecified atom stereocenters. The number of likely N-dealkylation sites (N-methyl/N-ethyl adjacent to an activating group) is 1. The average molecular weight is 375 g/mol. The molecule has 0 radical (unpaired) electrons. The van der Waals surface area contributed by atoms with Crippen LogP contribution in [0.15, 0.2) is 42.5 Å². The van der Waals surface area contributed by atoms with Gasteiger partial charge in [0.2, 0.25) is 0 Å². The molecule has 5 nitrogen and oxygen atoms in total. The summed E-state index contributed by atoms with van der Waals surface area (Å²) in [6, 6.07) is 13.3. The fourth-order valence-electron chi connectivity index (χ4n) is 3.98. The molecule has 5 heteroatoms. The van der Waals surface area contributed by atoms with Crippen LogP contribution in [0, 0.1) is 0 Å². The van der Waals surface area contributed by atoms with Crippen LogP contribution in [0.5, 0.6) is 0 Å². The standard InChI is InChI=1S/C23H25N3O2/c1-14(27)15-4-6-16(7-5-15)23(28)24-17-8-10-21-19(12-17)20-13-18(26(2)3)9-11-22(20)25-21/h4-8,10,12,18,25H,9,11,13H2,1-3H3,(H,24,28). The zero-order valence-electron chi connectivity index (χ0n) is 16.5. The number of anilines is 1. The summed E-state index contributed by atoms with van der Waals surface area (Å²) < 4.78 is 0. The van der Waals surface area contributed by atoms with Crippen LogP contribution in [0.2, 0.25) is 0 Å². The van der Waals surface area contributed by atoms with E-state index in [9.17, 15) is 9.59 Å². The third kappa shape index (κ3) is 3.45. The second-order valence-electron chi connectivity index (χ2n) is 7.79. The molecule has 1 aliphatic rings. The third-order valence-electron chi connectivity index (χ3n) is 5.70. The van der Waals surface area contributed by atoms with E-state index in [1.165, 1.54) is 23.6 Å². The Kier molecular flexibility index (Phi) is 4.77. The normalized spacial score (nSPS) is 16.2. The SMILES string of the molecule is CC(=O)c1ccc(C(=O)Nc2ccc3[nH]c4c(c3c2)CC(N(C)C)CC4)cc1. The number of aryl methyl sites for hydroxylation is 1. The highest BCUT2D eigenvalue weighted by molar-refractivity contribution is 6.06. The fraction of sp³-hybridized carbons (Fsp3) is 0.304. The van der Waals surface area contributed by atoms with Crippen molar-refractivity contribution < 1.29 is 9.59 Å². The van der Waals surface area contributed by atoms with Crippen molar-refractivity contribution in [3.05, 3.63) is 64.8 Å². The second-order valence-corrected chi connectivity index (χ2v) is 7.79. The molecule has 4 rings (SSSR count). The van der Waals surface area contributed by atoms with Gasteiger partial charge < -0.3 is 15.2 Å². The van der Waals surface area contributed by atoms with E-state index in [1.807, 2.05) is 12.1 Å². The first-order chi connectivity index (χ1) is 13.4. The number of H-pyrrole nitrogens is 1. The first-order valence-corrected chi connectivity index (χ1v) is 9.64. The van der Waals surface area contributed by atoms with E-state index in [4.69, 9.17) is 0 Å². The summed E-state index contributed by atoms with van der Waals surface area (Å²) >= 11 is 0. The molecular weight excluding hydrogens is 350 g/mol. The Morgan fingerprint density at radius 1 is 1.07 bits per heavy atom.